The van der Waals surface area contributed by atoms with E-state index in [9.17, 15) is 5.11 Å². The van der Waals surface area contributed by atoms with Crippen LogP contribution in [0, 0.1) is 5.92 Å². The molecule has 4 rings (SSSR count). The van der Waals surface area contributed by atoms with Crippen molar-refractivity contribution in [2.24, 2.45) is 13.0 Å². The first kappa shape index (κ1) is 15.8. The van der Waals surface area contributed by atoms with Crippen LogP contribution in [-0.4, -0.2) is 44.5 Å². The van der Waals surface area contributed by atoms with Crippen LogP contribution in [0.5, 0.6) is 0 Å². The molecule has 2 atom stereocenters. The fourth-order valence-electron chi connectivity index (χ4n) is 3.99. The lowest BCUT2D eigenvalue weighted by atomic mass is 9.81. The van der Waals surface area contributed by atoms with Crippen molar-refractivity contribution in [2.45, 2.75) is 37.6 Å². The molecule has 128 valence electrons. The molecule has 2 aromatic rings. The maximum absolute atomic E-state index is 9.89. The van der Waals surface area contributed by atoms with Crippen molar-refractivity contribution in [1.82, 2.24) is 19.7 Å². The van der Waals surface area contributed by atoms with Crippen LogP contribution < -0.4 is 0 Å². The third-order valence-corrected chi connectivity index (χ3v) is 5.59. The van der Waals surface area contributed by atoms with E-state index < -0.39 is 0 Å². The molecule has 2 aliphatic rings. The van der Waals surface area contributed by atoms with Crippen molar-refractivity contribution in [3.8, 4) is 0 Å². The van der Waals surface area contributed by atoms with Crippen molar-refractivity contribution in [1.29, 1.82) is 0 Å². The van der Waals surface area contributed by atoms with Gasteiger partial charge in [0.2, 0.25) is 0 Å². The number of aromatic nitrogens is 3. The van der Waals surface area contributed by atoms with Gasteiger partial charge in [0.1, 0.15) is 11.6 Å². The average molecular weight is 326 g/mol. The van der Waals surface area contributed by atoms with Gasteiger partial charge in [-0.15, -0.1) is 10.2 Å². The zero-order valence-electron chi connectivity index (χ0n) is 14.3. The fraction of sp³-hybridized carbons (Fsp3) is 0.579. The minimum Gasteiger partial charge on any atom is -0.396 e. The molecule has 1 saturated heterocycles. The predicted molar refractivity (Wildman–Crippen MR) is 92.6 cm³/mol. The molecule has 1 aromatic carbocycles. The quantitative estimate of drug-likeness (QED) is 0.916. The van der Waals surface area contributed by atoms with Crippen LogP contribution in [0.25, 0.3) is 0 Å². The lowest BCUT2D eigenvalue weighted by molar-refractivity contribution is 0.0949. The number of piperidine rings is 1. The monoisotopic (exact) mass is 326 g/mol. The standard InChI is InChI=1S/C19H26N4O/c1-22-18(20-21-19(22)15-7-8-15)12-23-10-9-17(16(11-23)13-24)14-5-3-2-4-6-14/h2-6,15-17,24H,7-13H2,1H3/t16-,17+/m1/s1. The molecule has 1 saturated carbocycles. The predicted octanol–water partition coefficient (Wildman–Crippen LogP) is 2.29. The van der Waals surface area contributed by atoms with Gasteiger partial charge in [-0.05, 0) is 37.3 Å². The largest absolute Gasteiger partial charge is 0.396 e. The summed E-state index contributed by atoms with van der Waals surface area (Å²) < 4.78 is 2.18. The van der Waals surface area contributed by atoms with Gasteiger partial charge in [0, 0.05) is 32.0 Å². The molecule has 5 heteroatoms. The van der Waals surface area contributed by atoms with E-state index in [1.807, 2.05) is 0 Å². The van der Waals surface area contributed by atoms with E-state index in [0.717, 1.165) is 37.7 Å². The number of hydrogen-bond acceptors (Lipinski definition) is 4. The summed E-state index contributed by atoms with van der Waals surface area (Å²) in [5.74, 6) is 3.56. The molecule has 1 aromatic heterocycles. The lowest BCUT2D eigenvalue weighted by Crippen LogP contribution is -2.41. The van der Waals surface area contributed by atoms with Crippen molar-refractivity contribution in [2.75, 3.05) is 19.7 Å². The number of hydrogen-bond donors (Lipinski definition) is 1. The SMILES string of the molecule is Cn1c(CN2CC[C@@H](c3ccccc3)[C@@H](CO)C2)nnc1C1CC1. The molecule has 0 unspecified atom stereocenters. The lowest BCUT2D eigenvalue weighted by Gasteiger charge is -2.37. The van der Waals surface area contributed by atoms with Crippen molar-refractivity contribution in [3.05, 3.63) is 47.5 Å². The summed E-state index contributed by atoms with van der Waals surface area (Å²) in [7, 11) is 2.09. The van der Waals surface area contributed by atoms with Gasteiger partial charge in [0.05, 0.1) is 6.54 Å². The van der Waals surface area contributed by atoms with Crippen LogP contribution in [0.1, 0.15) is 48.3 Å². The molecular formula is C19H26N4O. The summed E-state index contributed by atoms with van der Waals surface area (Å²) in [5.41, 5.74) is 1.35. The molecule has 1 aliphatic carbocycles. The third-order valence-electron chi connectivity index (χ3n) is 5.59. The molecule has 2 heterocycles. The number of nitrogens with zero attached hydrogens (tertiary/aromatic N) is 4. The van der Waals surface area contributed by atoms with Gasteiger partial charge < -0.3 is 9.67 Å². The van der Waals surface area contributed by atoms with Gasteiger partial charge in [-0.25, -0.2) is 0 Å². The van der Waals surface area contributed by atoms with Crippen LogP contribution >= 0.6 is 0 Å². The topological polar surface area (TPSA) is 54.2 Å². The number of aliphatic hydroxyl groups is 1. The average Bonchev–Trinajstić information content (AvgIpc) is 3.40. The Morgan fingerprint density at radius 1 is 1.12 bits per heavy atom. The Hall–Kier alpha value is -1.72. The Morgan fingerprint density at radius 3 is 2.62 bits per heavy atom. The van der Waals surface area contributed by atoms with Crippen LogP contribution in [0.3, 0.4) is 0 Å². The highest BCUT2D eigenvalue weighted by atomic mass is 16.3. The molecule has 0 spiro atoms. The van der Waals surface area contributed by atoms with E-state index in [1.54, 1.807) is 0 Å². The summed E-state index contributed by atoms with van der Waals surface area (Å²) in [4.78, 5) is 2.42. The van der Waals surface area contributed by atoms with Crippen LogP contribution in [0.15, 0.2) is 30.3 Å². The summed E-state index contributed by atoms with van der Waals surface area (Å²) in [6.45, 7) is 3.03. The first-order chi connectivity index (χ1) is 11.8. The van der Waals surface area contributed by atoms with E-state index in [4.69, 9.17) is 0 Å². The summed E-state index contributed by atoms with van der Waals surface area (Å²) in [6, 6.07) is 10.6. The maximum Gasteiger partial charge on any atom is 0.146 e. The first-order valence-corrected chi connectivity index (χ1v) is 9.02. The fourth-order valence-corrected chi connectivity index (χ4v) is 3.99. The zero-order chi connectivity index (χ0) is 16.5. The molecule has 0 bridgehead atoms. The number of benzene rings is 1. The Labute approximate surface area is 143 Å². The van der Waals surface area contributed by atoms with Gasteiger partial charge in [-0.2, -0.15) is 0 Å². The molecule has 1 N–H and O–H groups in total. The van der Waals surface area contributed by atoms with Gasteiger partial charge in [-0.1, -0.05) is 30.3 Å². The van der Waals surface area contributed by atoms with E-state index >= 15 is 0 Å². The second-order valence-electron chi connectivity index (χ2n) is 7.29. The molecule has 0 amide bonds. The molecular weight excluding hydrogens is 300 g/mol. The highest BCUT2D eigenvalue weighted by Gasteiger charge is 2.32. The minimum absolute atomic E-state index is 0.238. The zero-order valence-corrected chi connectivity index (χ0v) is 14.3. The molecule has 0 radical (unpaired) electrons. The molecule has 1 aliphatic heterocycles. The second-order valence-corrected chi connectivity index (χ2v) is 7.29. The molecule has 5 nitrogen and oxygen atoms in total. The van der Waals surface area contributed by atoms with Crippen molar-refractivity contribution in [3.63, 3.8) is 0 Å². The van der Waals surface area contributed by atoms with Gasteiger partial charge >= 0.3 is 0 Å². The van der Waals surface area contributed by atoms with Crippen molar-refractivity contribution >= 4 is 0 Å². The number of rotatable bonds is 5. The normalized spacial score (nSPS) is 25.1. The highest BCUT2D eigenvalue weighted by molar-refractivity contribution is 5.21. The van der Waals surface area contributed by atoms with Crippen LogP contribution in [0.2, 0.25) is 0 Å². The van der Waals surface area contributed by atoms with E-state index in [1.165, 1.54) is 18.4 Å². The molecule has 24 heavy (non-hydrogen) atoms. The van der Waals surface area contributed by atoms with Gasteiger partial charge in [-0.3, -0.25) is 4.90 Å². The van der Waals surface area contributed by atoms with E-state index in [-0.39, 0.29) is 12.5 Å². The van der Waals surface area contributed by atoms with Crippen LogP contribution in [0.4, 0.5) is 0 Å². The summed E-state index contributed by atoms with van der Waals surface area (Å²) in [5, 5.41) is 18.7. The van der Waals surface area contributed by atoms with E-state index in [0.29, 0.717) is 11.8 Å². The van der Waals surface area contributed by atoms with Gasteiger partial charge in [0.25, 0.3) is 0 Å². The van der Waals surface area contributed by atoms with Crippen LogP contribution in [-0.2, 0) is 13.6 Å². The maximum atomic E-state index is 9.89. The smallest absolute Gasteiger partial charge is 0.146 e. The third kappa shape index (κ3) is 3.10. The Kier molecular flexibility index (Phi) is 4.37. The Morgan fingerprint density at radius 2 is 1.92 bits per heavy atom. The highest BCUT2D eigenvalue weighted by Crippen LogP contribution is 2.39. The summed E-state index contributed by atoms with van der Waals surface area (Å²) >= 11 is 0. The minimum atomic E-state index is 0.238. The first-order valence-electron chi connectivity index (χ1n) is 9.02. The molecule has 2 fully saturated rings. The Balaban J connectivity index is 1.43. The number of aliphatic hydroxyl groups excluding tert-OH is 1. The van der Waals surface area contributed by atoms with Gasteiger partial charge in [0.15, 0.2) is 0 Å². The van der Waals surface area contributed by atoms with E-state index in [2.05, 4.69) is 57.0 Å². The van der Waals surface area contributed by atoms with Crippen molar-refractivity contribution < 1.29 is 5.11 Å². The number of likely N-dealkylation sites (tertiary alicyclic amines) is 1. The Bertz CT molecular complexity index is 680. The summed E-state index contributed by atoms with van der Waals surface area (Å²) in [6.07, 6.45) is 3.59. The second kappa shape index (κ2) is 6.65.